The van der Waals surface area contributed by atoms with Crippen LogP contribution in [0.5, 0.6) is 0 Å². The van der Waals surface area contributed by atoms with Crippen molar-refractivity contribution in [2.24, 2.45) is 0 Å². The van der Waals surface area contributed by atoms with Crippen molar-refractivity contribution < 1.29 is 4.92 Å². The Morgan fingerprint density at radius 3 is 2.84 bits per heavy atom. The summed E-state index contributed by atoms with van der Waals surface area (Å²) in [6.07, 6.45) is 1.17. The lowest BCUT2D eigenvalue weighted by Crippen LogP contribution is -2.05. The first-order valence-corrected chi connectivity index (χ1v) is 6.06. The van der Waals surface area contributed by atoms with Crippen LogP contribution in [0.3, 0.4) is 0 Å². The topological polar surface area (TPSA) is 107 Å². The number of nitro groups is 1. The van der Waals surface area contributed by atoms with E-state index in [0.717, 1.165) is 10.0 Å². The minimum atomic E-state index is -0.610. The van der Waals surface area contributed by atoms with E-state index in [1.54, 1.807) is 0 Å². The van der Waals surface area contributed by atoms with Crippen molar-refractivity contribution in [3.63, 3.8) is 0 Å². The molecule has 0 bridgehead atoms. The molecule has 0 aliphatic heterocycles. The van der Waals surface area contributed by atoms with Crippen LogP contribution in [0.1, 0.15) is 5.56 Å². The van der Waals surface area contributed by atoms with E-state index in [2.05, 4.69) is 31.2 Å². The molecule has 19 heavy (non-hydrogen) atoms. The molecule has 1 aromatic heterocycles. The second-order valence-electron chi connectivity index (χ2n) is 3.82. The summed E-state index contributed by atoms with van der Waals surface area (Å²) >= 11 is 3.36. The average Bonchev–Trinajstić information content (AvgIpc) is 2.33. The summed E-state index contributed by atoms with van der Waals surface area (Å²) in [5, 5.41) is 13.9. The Hall–Kier alpha value is -2.22. The Kier molecular flexibility index (Phi) is 3.61. The maximum Gasteiger partial charge on any atom is 0.353 e. The third-order valence-electron chi connectivity index (χ3n) is 2.41. The molecule has 0 fully saturated rings. The minimum absolute atomic E-state index is 0.0591. The summed E-state index contributed by atoms with van der Waals surface area (Å²) in [5.41, 5.74) is 6.84. The summed E-state index contributed by atoms with van der Waals surface area (Å²) in [6.45, 7) is 1.92. The molecule has 7 nitrogen and oxygen atoms in total. The zero-order valence-electron chi connectivity index (χ0n) is 9.92. The average molecular weight is 324 g/mol. The number of nitrogens with two attached hydrogens (primary N) is 1. The highest BCUT2D eigenvalue weighted by Gasteiger charge is 2.21. The van der Waals surface area contributed by atoms with Crippen molar-refractivity contribution in [2.75, 3.05) is 11.1 Å². The van der Waals surface area contributed by atoms with Gasteiger partial charge in [0.1, 0.15) is 6.33 Å². The second kappa shape index (κ2) is 5.19. The van der Waals surface area contributed by atoms with Crippen molar-refractivity contribution in [3.05, 3.63) is 44.7 Å². The van der Waals surface area contributed by atoms with Crippen molar-refractivity contribution in [3.8, 4) is 0 Å². The summed E-state index contributed by atoms with van der Waals surface area (Å²) in [7, 11) is 0. The van der Waals surface area contributed by atoms with E-state index in [4.69, 9.17) is 5.73 Å². The van der Waals surface area contributed by atoms with Crippen molar-refractivity contribution in [1.82, 2.24) is 9.97 Å². The Balaban J connectivity index is 2.46. The van der Waals surface area contributed by atoms with E-state index < -0.39 is 4.92 Å². The molecule has 8 heteroatoms. The number of nitrogens with zero attached hydrogens (tertiary/aromatic N) is 3. The van der Waals surface area contributed by atoms with E-state index in [1.807, 2.05) is 25.1 Å². The molecule has 0 saturated heterocycles. The molecule has 2 aromatic rings. The maximum absolute atomic E-state index is 11.0. The van der Waals surface area contributed by atoms with Gasteiger partial charge in [0, 0.05) is 4.47 Å². The largest absolute Gasteiger partial charge is 0.378 e. The van der Waals surface area contributed by atoms with Gasteiger partial charge in [0.05, 0.1) is 10.6 Å². The van der Waals surface area contributed by atoms with Gasteiger partial charge >= 0.3 is 5.69 Å². The maximum atomic E-state index is 11.0. The molecule has 0 aliphatic carbocycles. The Labute approximate surface area is 117 Å². The number of hydrogen-bond donors (Lipinski definition) is 2. The van der Waals surface area contributed by atoms with Gasteiger partial charge in [-0.3, -0.25) is 10.1 Å². The summed E-state index contributed by atoms with van der Waals surface area (Å²) < 4.78 is 0.768. The molecule has 0 spiro atoms. The Morgan fingerprint density at radius 2 is 2.16 bits per heavy atom. The van der Waals surface area contributed by atoms with Gasteiger partial charge in [-0.05, 0) is 40.5 Å². The van der Waals surface area contributed by atoms with E-state index in [1.165, 1.54) is 6.33 Å². The SMILES string of the molecule is Cc1ccc(Br)c(Nc2ncnc(N)c2[N+](=O)[O-])c1. The quantitative estimate of drug-likeness (QED) is 0.664. The van der Waals surface area contributed by atoms with E-state index in [-0.39, 0.29) is 17.3 Å². The molecule has 3 N–H and O–H groups in total. The lowest BCUT2D eigenvalue weighted by molar-refractivity contribution is -0.383. The molecular formula is C11H10BrN5O2. The minimum Gasteiger partial charge on any atom is -0.378 e. The molecule has 0 amide bonds. The van der Waals surface area contributed by atoms with Gasteiger partial charge < -0.3 is 11.1 Å². The Morgan fingerprint density at radius 1 is 1.42 bits per heavy atom. The van der Waals surface area contributed by atoms with Crippen LogP contribution in [-0.4, -0.2) is 14.9 Å². The lowest BCUT2D eigenvalue weighted by Gasteiger charge is -2.09. The number of halogens is 1. The molecule has 0 unspecified atom stereocenters. The number of rotatable bonds is 3. The summed E-state index contributed by atoms with van der Waals surface area (Å²) in [5.74, 6) is -0.116. The number of nitrogen functional groups attached to an aromatic ring is 1. The monoisotopic (exact) mass is 323 g/mol. The van der Waals surface area contributed by atoms with Crippen LogP contribution in [0.4, 0.5) is 23.0 Å². The van der Waals surface area contributed by atoms with Crippen LogP contribution in [-0.2, 0) is 0 Å². The fourth-order valence-electron chi connectivity index (χ4n) is 1.53. The van der Waals surface area contributed by atoms with Crippen LogP contribution in [0.2, 0.25) is 0 Å². The first-order valence-electron chi connectivity index (χ1n) is 5.27. The molecule has 0 radical (unpaired) electrons. The molecule has 0 atom stereocenters. The van der Waals surface area contributed by atoms with E-state index in [0.29, 0.717) is 5.69 Å². The number of aromatic nitrogens is 2. The zero-order valence-corrected chi connectivity index (χ0v) is 11.5. The van der Waals surface area contributed by atoms with E-state index in [9.17, 15) is 10.1 Å². The number of aryl methyl sites for hydroxylation is 1. The van der Waals surface area contributed by atoms with Crippen LogP contribution in [0, 0.1) is 17.0 Å². The van der Waals surface area contributed by atoms with Gasteiger partial charge in [-0.25, -0.2) is 9.97 Å². The van der Waals surface area contributed by atoms with Crippen LogP contribution >= 0.6 is 15.9 Å². The van der Waals surface area contributed by atoms with E-state index >= 15 is 0 Å². The third-order valence-corrected chi connectivity index (χ3v) is 3.10. The highest BCUT2D eigenvalue weighted by molar-refractivity contribution is 9.10. The molecule has 1 heterocycles. The number of benzene rings is 1. The van der Waals surface area contributed by atoms with Gasteiger partial charge in [0.2, 0.25) is 11.6 Å². The molecule has 98 valence electrons. The zero-order chi connectivity index (χ0) is 14.0. The van der Waals surface area contributed by atoms with Gasteiger partial charge in [0.25, 0.3) is 0 Å². The fourth-order valence-corrected chi connectivity index (χ4v) is 1.87. The predicted octanol–water partition coefficient (Wildman–Crippen LogP) is 2.78. The van der Waals surface area contributed by atoms with Crippen molar-refractivity contribution in [1.29, 1.82) is 0 Å². The number of anilines is 3. The first kappa shape index (κ1) is 13.2. The highest BCUT2D eigenvalue weighted by Crippen LogP contribution is 2.32. The molecule has 0 saturated carbocycles. The van der Waals surface area contributed by atoms with Crippen molar-refractivity contribution in [2.45, 2.75) is 6.92 Å². The predicted molar refractivity (Wildman–Crippen MR) is 75.3 cm³/mol. The smallest absolute Gasteiger partial charge is 0.353 e. The third kappa shape index (κ3) is 2.79. The highest BCUT2D eigenvalue weighted by atomic mass is 79.9. The molecule has 1 aromatic carbocycles. The van der Waals surface area contributed by atoms with Crippen molar-refractivity contribution >= 4 is 38.9 Å². The van der Waals surface area contributed by atoms with Gasteiger partial charge in [-0.1, -0.05) is 6.07 Å². The summed E-state index contributed by atoms with van der Waals surface area (Å²) in [6, 6.07) is 5.60. The standard InChI is InChI=1S/C11H10BrN5O2/c1-6-2-3-7(12)8(4-6)16-11-9(17(18)19)10(13)14-5-15-11/h2-5H,1H3,(H3,13,14,15,16). The van der Waals surface area contributed by atoms with Gasteiger partial charge in [-0.2, -0.15) is 0 Å². The van der Waals surface area contributed by atoms with Gasteiger partial charge in [0.15, 0.2) is 0 Å². The molecule has 0 aliphatic rings. The summed E-state index contributed by atoms with van der Waals surface area (Å²) in [4.78, 5) is 17.8. The number of nitrogens with one attached hydrogen (secondary N) is 1. The van der Waals surface area contributed by atoms with Crippen LogP contribution in [0.25, 0.3) is 0 Å². The molecular weight excluding hydrogens is 314 g/mol. The van der Waals surface area contributed by atoms with Crippen LogP contribution < -0.4 is 11.1 Å². The molecule has 2 rings (SSSR count). The number of hydrogen-bond acceptors (Lipinski definition) is 6. The van der Waals surface area contributed by atoms with Gasteiger partial charge in [-0.15, -0.1) is 0 Å². The fraction of sp³-hybridized carbons (Fsp3) is 0.0909. The Bertz CT molecular complexity index is 647. The second-order valence-corrected chi connectivity index (χ2v) is 4.68. The normalized spacial score (nSPS) is 10.2. The lowest BCUT2D eigenvalue weighted by atomic mass is 10.2. The van der Waals surface area contributed by atoms with Crippen LogP contribution in [0.15, 0.2) is 29.0 Å². The first-order chi connectivity index (χ1) is 8.99.